The number of rotatable bonds is 5. The van der Waals surface area contributed by atoms with Crippen LogP contribution in [-0.4, -0.2) is 15.0 Å². The summed E-state index contributed by atoms with van der Waals surface area (Å²) in [5.41, 5.74) is 10.2. The first-order valence-corrected chi connectivity index (χ1v) is 13.4. The predicted molar refractivity (Wildman–Crippen MR) is 165 cm³/mol. The van der Waals surface area contributed by atoms with E-state index in [0.717, 1.165) is 45.0 Å². The molecular weight excluding hydrogens is 486 g/mol. The molecule has 0 unspecified atom stereocenters. The largest absolute Gasteiger partial charge is 0.255 e. The minimum atomic E-state index is 0.819. The van der Waals surface area contributed by atoms with Crippen molar-refractivity contribution in [3.63, 3.8) is 0 Å². The number of aromatic nitrogens is 3. The maximum Gasteiger partial charge on any atom is 0.0900 e. The molecular formula is C37H25N3. The van der Waals surface area contributed by atoms with Gasteiger partial charge in [0.05, 0.1) is 22.8 Å². The minimum Gasteiger partial charge on any atom is -0.255 e. The topological polar surface area (TPSA) is 38.7 Å². The Morgan fingerprint density at radius 2 is 1.02 bits per heavy atom. The smallest absolute Gasteiger partial charge is 0.0900 e. The van der Waals surface area contributed by atoms with E-state index in [2.05, 4.69) is 114 Å². The SMILES string of the molecule is c1ccc(-c2cc(-c3ccccn3)nc(-c3ccc(-c4ccc(-c5cccc6ccccc56)cc4)cn3)c2)cc1. The number of fused-ring (bicyclic) bond motifs is 1. The second-order valence-electron chi connectivity index (χ2n) is 9.74. The molecule has 0 fully saturated rings. The molecule has 0 spiro atoms. The third-order valence-electron chi connectivity index (χ3n) is 7.20. The molecule has 40 heavy (non-hydrogen) atoms. The van der Waals surface area contributed by atoms with E-state index in [9.17, 15) is 0 Å². The molecule has 3 heterocycles. The number of hydrogen-bond acceptors (Lipinski definition) is 3. The zero-order chi connectivity index (χ0) is 26.7. The summed E-state index contributed by atoms with van der Waals surface area (Å²) in [7, 11) is 0. The van der Waals surface area contributed by atoms with Crippen molar-refractivity contribution in [3.8, 4) is 56.2 Å². The van der Waals surface area contributed by atoms with Crippen molar-refractivity contribution in [2.45, 2.75) is 0 Å². The van der Waals surface area contributed by atoms with Crippen LogP contribution in [-0.2, 0) is 0 Å². The third kappa shape index (κ3) is 4.65. The number of benzene rings is 4. The number of hydrogen-bond donors (Lipinski definition) is 0. The Bertz CT molecular complexity index is 1850. The van der Waals surface area contributed by atoms with Crippen LogP contribution < -0.4 is 0 Å². The van der Waals surface area contributed by atoms with Crippen LogP contribution in [0.15, 0.2) is 152 Å². The van der Waals surface area contributed by atoms with Gasteiger partial charge in [0.15, 0.2) is 0 Å². The lowest BCUT2D eigenvalue weighted by molar-refractivity contribution is 1.22. The summed E-state index contributed by atoms with van der Waals surface area (Å²) in [6.07, 6.45) is 3.73. The Hall–Kier alpha value is -5.41. The summed E-state index contributed by atoms with van der Waals surface area (Å²) < 4.78 is 0. The second-order valence-corrected chi connectivity index (χ2v) is 9.74. The lowest BCUT2D eigenvalue weighted by atomic mass is 9.96. The van der Waals surface area contributed by atoms with Crippen LogP contribution >= 0.6 is 0 Å². The van der Waals surface area contributed by atoms with Gasteiger partial charge < -0.3 is 0 Å². The molecule has 0 aliphatic heterocycles. The average Bonchev–Trinajstić information content (AvgIpc) is 3.05. The average molecular weight is 512 g/mol. The molecule has 0 radical (unpaired) electrons. The summed E-state index contributed by atoms with van der Waals surface area (Å²) in [6.45, 7) is 0. The van der Waals surface area contributed by atoms with Gasteiger partial charge in [0.1, 0.15) is 0 Å². The Morgan fingerprint density at radius 3 is 1.77 bits per heavy atom. The van der Waals surface area contributed by atoms with E-state index in [1.54, 1.807) is 6.20 Å². The Labute approximate surface area is 233 Å². The fourth-order valence-electron chi connectivity index (χ4n) is 5.14. The van der Waals surface area contributed by atoms with Gasteiger partial charge in [-0.2, -0.15) is 0 Å². The van der Waals surface area contributed by atoms with Gasteiger partial charge in [0.25, 0.3) is 0 Å². The van der Waals surface area contributed by atoms with Crippen LogP contribution in [0.3, 0.4) is 0 Å². The van der Waals surface area contributed by atoms with Crippen LogP contribution in [0.2, 0.25) is 0 Å². The molecule has 3 aromatic heterocycles. The molecule has 0 aliphatic carbocycles. The summed E-state index contributed by atoms with van der Waals surface area (Å²) in [5.74, 6) is 0. The van der Waals surface area contributed by atoms with E-state index in [0.29, 0.717) is 0 Å². The fraction of sp³-hybridized carbons (Fsp3) is 0. The summed E-state index contributed by atoms with van der Waals surface area (Å²) in [5, 5.41) is 2.51. The van der Waals surface area contributed by atoms with Crippen molar-refractivity contribution >= 4 is 10.8 Å². The number of pyridine rings is 3. The molecule has 4 aromatic carbocycles. The van der Waals surface area contributed by atoms with Crippen LogP contribution in [0.25, 0.3) is 66.9 Å². The highest BCUT2D eigenvalue weighted by Gasteiger charge is 2.11. The second kappa shape index (κ2) is 10.4. The summed E-state index contributed by atoms with van der Waals surface area (Å²) in [4.78, 5) is 14.3. The van der Waals surface area contributed by atoms with Gasteiger partial charge in [-0.15, -0.1) is 0 Å². The molecule has 0 aliphatic rings. The lowest BCUT2D eigenvalue weighted by Gasteiger charge is -2.10. The molecule has 0 saturated heterocycles. The van der Waals surface area contributed by atoms with E-state index < -0.39 is 0 Å². The zero-order valence-electron chi connectivity index (χ0n) is 21.8. The van der Waals surface area contributed by atoms with Crippen molar-refractivity contribution in [3.05, 3.63) is 152 Å². The monoisotopic (exact) mass is 511 g/mol. The van der Waals surface area contributed by atoms with Crippen molar-refractivity contribution in [2.24, 2.45) is 0 Å². The molecule has 3 nitrogen and oxygen atoms in total. The molecule has 7 aromatic rings. The molecule has 0 atom stereocenters. The van der Waals surface area contributed by atoms with Crippen molar-refractivity contribution in [1.29, 1.82) is 0 Å². The van der Waals surface area contributed by atoms with Crippen LogP contribution in [0.4, 0.5) is 0 Å². The normalized spacial score (nSPS) is 11.0. The molecule has 3 heteroatoms. The molecule has 7 rings (SSSR count). The molecule has 0 N–H and O–H groups in total. The van der Waals surface area contributed by atoms with Gasteiger partial charge in [-0.05, 0) is 68.9 Å². The maximum absolute atomic E-state index is 4.95. The number of nitrogens with zero attached hydrogens (tertiary/aromatic N) is 3. The summed E-state index contributed by atoms with van der Waals surface area (Å²) >= 11 is 0. The van der Waals surface area contributed by atoms with Crippen molar-refractivity contribution in [2.75, 3.05) is 0 Å². The first kappa shape index (κ1) is 23.7. The lowest BCUT2D eigenvalue weighted by Crippen LogP contribution is -1.94. The highest BCUT2D eigenvalue weighted by Crippen LogP contribution is 2.32. The van der Waals surface area contributed by atoms with Gasteiger partial charge in [0.2, 0.25) is 0 Å². The van der Waals surface area contributed by atoms with Crippen LogP contribution in [0.1, 0.15) is 0 Å². The third-order valence-corrected chi connectivity index (χ3v) is 7.20. The van der Waals surface area contributed by atoms with E-state index in [4.69, 9.17) is 9.97 Å². The Morgan fingerprint density at radius 1 is 0.375 bits per heavy atom. The molecule has 0 bridgehead atoms. The zero-order valence-corrected chi connectivity index (χ0v) is 21.8. The Kier molecular flexibility index (Phi) is 6.15. The van der Waals surface area contributed by atoms with Gasteiger partial charge >= 0.3 is 0 Å². The highest BCUT2D eigenvalue weighted by atomic mass is 14.8. The van der Waals surface area contributed by atoms with Gasteiger partial charge in [-0.25, -0.2) is 4.98 Å². The van der Waals surface area contributed by atoms with Gasteiger partial charge in [-0.3, -0.25) is 9.97 Å². The van der Waals surface area contributed by atoms with Crippen LogP contribution in [0.5, 0.6) is 0 Å². The highest BCUT2D eigenvalue weighted by molar-refractivity contribution is 5.96. The summed E-state index contributed by atoms with van der Waals surface area (Å²) in [6, 6.07) is 48.3. The minimum absolute atomic E-state index is 0.819. The van der Waals surface area contributed by atoms with Gasteiger partial charge in [0, 0.05) is 18.0 Å². The van der Waals surface area contributed by atoms with E-state index in [-0.39, 0.29) is 0 Å². The van der Waals surface area contributed by atoms with Crippen LogP contribution in [0, 0.1) is 0 Å². The molecule has 0 amide bonds. The fourth-order valence-corrected chi connectivity index (χ4v) is 5.14. The first-order valence-electron chi connectivity index (χ1n) is 13.4. The van der Waals surface area contributed by atoms with Crippen molar-refractivity contribution < 1.29 is 0 Å². The van der Waals surface area contributed by atoms with Crippen molar-refractivity contribution in [1.82, 2.24) is 15.0 Å². The van der Waals surface area contributed by atoms with E-state index >= 15 is 0 Å². The standard InChI is InChI=1S/C37H25N3/c1-2-9-26(10-3-1)31-23-36(34-15-6-7-22-38-34)40-37(24-31)35-21-20-30(25-39-35)27-16-18-29(19-17-27)33-14-8-12-28-11-4-5-13-32(28)33/h1-25H. The molecule has 188 valence electrons. The van der Waals surface area contributed by atoms with E-state index in [1.807, 2.05) is 36.5 Å². The molecule has 0 saturated carbocycles. The quantitative estimate of drug-likeness (QED) is 0.231. The van der Waals surface area contributed by atoms with Gasteiger partial charge in [-0.1, -0.05) is 109 Å². The predicted octanol–water partition coefficient (Wildman–Crippen LogP) is 9.36. The maximum atomic E-state index is 4.95. The Balaban J connectivity index is 1.22. The van der Waals surface area contributed by atoms with E-state index in [1.165, 1.54) is 21.9 Å². The first-order chi connectivity index (χ1) is 19.8.